The van der Waals surface area contributed by atoms with Crippen LogP contribution >= 0.6 is 0 Å². The quantitative estimate of drug-likeness (QED) is 0.809. The van der Waals surface area contributed by atoms with Crippen molar-refractivity contribution >= 4 is 5.97 Å². The molecule has 0 aromatic carbocycles. The Kier molecular flexibility index (Phi) is 2.77. The molecule has 1 unspecified atom stereocenters. The third-order valence-corrected chi connectivity index (χ3v) is 2.71. The second-order valence-electron chi connectivity index (χ2n) is 4.27. The Morgan fingerprint density at radius 2 is 2.31 bits per heavy atom. The van der Waals surface area contributed by atoms with Gasteiger partial charge in [-0.15, -0.1) is 0 Å². The maximum Gasteiger partial charge on any atom is 0.304 e. The summed E-state index contributed by atoms with van der Waals surface area (Å²) < 4.78 is 0. The van der Waals surface area contributed by atoms with Crippen LogP contribution in [-0.4, -0.2) is 26.2 Å². The van der Waals surface area contributed by atoms with Crippen LogP contribution < -0.4 is 0 Å². The van der Waals surface area contributed by atoms with Gasteiger partial charge >= 0.3 is 5.97 Å². The minimum absolute atomic E-state index is 0.0156. The van der Waals surface area contributed by atoms with Crippen molar-refractivity contribution in [2.45, 2.75) is 38.0 Å². The van der Waals surface area contributed by atoms with Crippen LogP contribution in [0.25, 0.3) is 0 Å². The Labute approximate surface area is 93.2 Å². The van der Waals surface area contributed by atoms with Gasteiger partial charge in [0.15, 0.2) is 5.75 Å². The van der Waals surface area contributed by atoms with Gasteiger partial charge in [0.1, 0.15) is 5.82 Å². The number of aromatic hydroxyl groups is 1. The van der Waals surface area contributed by atoms with Gasteiger partial charge in [0.05, 0.1) is 18.3 Å². The second kappa shape index (κ2) is 4.08. The molecule has 0 amide bonds. The van der Waals surface area contributed by atoms with Crippen LogP contribution in [0.3, 0.4) is 0 Å². The predicted octanol–water partition coefficient (Wildman–Crippen LogP) is 1.64. The van der Waals surface area contributed by atoms with E-state index in [-0.39, 0.29) is 18.1 Å². The van der Waals surface area contributed by atoms with Crippen molar-refractivity contribution in [1.82, 2.24) is 9.97 Å². The number of carboxylic acid groups (broad SMARTS) is 1. The van der Waals surface area contributed by atoms with Crippen LogP contribution in [0.5, 0.6) is 5.75 Å². The highest BCUT2D eigenvalue weighted by Gasteiger charge is 2.28. The molecular weight excluding hydrogens is 208 g/mol. The van der Waals surface area contributed by atoms with E-state index in [0.29, 0.717) is 11.6 Å². The number of aromatic nitrogens is 2. The monoisotopic (exact) mass is 222 g/mol. The highest BCUT2D eigenvalue weighted by molar-refractivity contribution is 5.68. The fraction of sp³-hybridized carbons (Fsp3) is 0.545. The molecule has 0 bridgehead atoms. The largest absolute Gasteiger partial charge is 0.504 e. The highest BCUT2D eigenvalue weighted by atomic mass is 16.4. The molecule has 1 aromatic heterocycles. The SMILES string of the molecule is CC(CC(=O)O)c1nc(C2CC2)ncc1O. The normalized spacial score (nSPS) is 17.1. The van der Waals surface area contributed by atoms with Crippen molar-refractivity contribution in [3.63, 3.8) is 0 Å². The third kappa shape index (κ3) is 2.29. The molecule has 1 atom stereocenters. The van der Waals surface area contributed by atoms with Gasteiger partial charge in [-0.05, 0) is 12.8 Å². The number of rotatable bonds is 4. The molecule has 0 radical (unpaired) electrons. The van der Waals surface area contributed by atoms with E-state index in [1.165, 1.54) is 6.20 Å². The van der Waals surface area contributed by atoms with E-state index in [0.717, 1.165) is 18.7 Å². The molecule has 0 spiro atoms. The van der Waals surface area contributed by atoms with Crippen molar-refractivity contribution < 1.29 is 15.0 Å². The molecule has 5 heteroatoms. The summed E-state index contributed by atoms with van der Waals surface area (Å²) >= 11 is 0. The minimum atomic E-state index is -0.890. The molecule has 0 saturated heterocycles. The zero-order valence-corrected chi connectivity index (χ0v) is 9.05. The Morgan fingerprint density at radius 1 is 1.62 bits per heavy atom. The van der Waals surface area contributed by atoms with E-state index in [2.05, 4.69) is 9.97 Å². The molecule has 1 fully saturated rings. The highest BCUT2D eigenvalue weighted by Crippen LogP contribution is 2.39. The van der Waals surface area contributed by atoms with Crippen LogP contribution in [0, 0.1) is 0 Å². The summed E-state index contributed by atoms with van der Waals surface area (Å²) in [6.45, 7) is 1.74. The molecule has 16 heavy (non-hydrogen) atoms. The number of nitrogens with zero attached hydrogens (tertiary/aromatic N) is 2. The summed E-state index contributed by atoms with van der Waals surface area (Å²) in [6.07, 6.45) is 3.50. The Hall–Kier alpha value is -1.65. The van der Waals surface area contributed by atoms with Crippen LogP contribution in [0.2, 0.25) is 0 Å². The molecule has 1 aliphatic rings. The van der Waals surface area contributed by atoms with Gasteiger partial charge in [-0.2, -0.15) is 0 Å². The summed E-state index contributed by atoms with van der Waals surface area (Å²) in [4.78, 5) is 18.9. The van der Waals surface area contributed by atoms with Crippen LogP contribution in [-0.2, 0) is 4.79 Å². The summed E-state index contributed by atoms with van der Waals surface area (Å²) in [7, 11) is 0. The summed E-state index contributed by atoms with van der Waals surface area (Å²) in [6, 6.07) is 0. The topological polar surface area (TPSA) is 83.3 Å². The smallest absolute Gasteiger partial charge is 0.304 e. The Bertz CT molecular complexity index is 416. The van der Waals surface area contributed by atoms with Gasteiger partial charge in [0.25, 0.3) is 0 Å². The van der Waals surface area contributed by atoms with E-state index in [4.69, 9.17) is 5.11 Å². The number of hydrogen-bond donors (Lipinski definition) is 2. The Balaban J connectivity index is 2.23. The number of aliphatic carboxylic acids is 1. The van der Waals surface area contributed by atoms with Gasteiger partial charge in [-0.1, -0.05) is 6.92 Å². The number of carboxylic acids is 1. The maximum absolute atomic E-state index is 10.6. The lowest BCUT2D eigenvalue weighted by molar-refractivity contribution is -0.137. The molecular formula is C11H14N2O3. The van der Waals surface area contributed by atoms with E-state index in [1.807, 2.05) is 0 Å². The fourth-order valence-corrected chi connectivity index (χ4v) is 1.66. The third-order valence-electron chi connectivity index (χ3n) is 2.71. The van der Waals surface area contributed by atoms with E-state index < -0.39 is 5.97 Å². The van der Waals surface area contributed by atoms with Crippen LogP contribution in [0.1, 0.15) is 49.5 Å². The number of hydrogen-bond acceptors (Lipinski definition) is 4. The van der Waals surface area contributed by atoms with E-state index >= 15 is 0 Å². The van der Waals surface area contributed by atoms with E-state index in [9.17, 15) is 9.90 Å². The molecule has 0 aliphatic heterocycles. The first-order chi connectivity index (χ1) is 7.58. The van der Waals surface area contributed by atoms with Crippen LogP contribution in [0.15, 0.2) is 6.20 Å². The fourth-order valence-electron chi connectivity index (χ4n) is 1.66. The zero-order chi connectivity index (χ0) is 11.7. The summed E-state index contributed by atoms with van der Waals surface area (Å²) in [5.74, 6) is -0.0731. The first-order valence-electron chi connectivity index (χ1n) is 5.35. The number of carbonyl (C=O) groups is 1. The Morgan fingerprint density at radius 3 is 2.88 bits per heavy atom. The van der Waals surface area contributed by atoms with Crippen molar-refractivity contribution in [3.05, 3.63) is 17.7 Å². The lowest BCUT2D eigenvalue weighted by Crippen LogP contribution is -2.07. The average Bonchev–Trinajstić information content (AvgIpc) is 3.00. The molecule has 2 rings (SSSR count). The summed E-state index contributed by atoms with van der Waals surface area (Å²) in [5.41, 5.74) is 0.444. The molecule has 1 aromatic rings. The maximum atomic E-state index is 10.6. The van der Waals surface area contributed by atoms with Gasteiger partial charge in [-0.25, -0.2) is 9.97 Å². The van der Waals surface area contributed by atoms with Gasteiger partial charge in [0, 0.05) is 11.8 Å². The molecule has 1 saturated carbocycles. The lowest BCUT2D eigenvalue weighted by Gasteiger charge is -2.10. The molecule has 1 heterocycles. The average molecular weight is 222 g/mol. The van der Waals surface area contributed by atoms with Gasteiger partial charge in [-0.3, -0.25) is 4.79 Å². The van der Waals surface area contributed by atoms with Gasteiger partial charge < -0.3 is 10.2 Å². The first kappa shape index (κ1) is 10.9. The van der Waals surface area contributed by atoms with Crippen molar-refractivity contribution in [2.24, 2.45) is 0 Å². The molecule has 5 nitrogen and oxygen atoms in total. The lowest BCUT2D eigenvalue weighted by atomic mass is 10.0. The molecule has 2 N–H and O–H groups in total. The minimum Gasteiger partial charge on any atom is -0.504 e. The van der Waals surface area contributed by atoms with Crippen molar-refractivity contribution in [3.8, 4) is 5.75 Å². The van der Waals surface area contributed by atoms with E-state index in [1.54, 1.807) is 6.92 Å². The van der Waals surface area contributed by atoms with Crippen molar-refractivity contribution in [2.75, 3.05) is 0 Å². The first-order valence-corrected chi connectivity index (χ1v) is 5.35. The molecule has 1 aliphatic carbocycles. The predicted molar refractivity (Wildman–Crippen MR) is 56.3 cm³/mol. The van der Waals surface area contributed by atoms with Crippen LogP contribution in [0.4, 0.5) is 0 Å². The van der Waals surface area contributed by atoms with Gasteiger partial charge in [0.2, 0.25) is 0 Å². The standard InChI is InChI=1S/C11H14N2O3/c1-6(4-9(15)16)10-8(14)5-12-11(13-10)7-2-3-7/h5-7,14H,2-4H2,1H3,(H,15,16). The van der Waals surface area contributed by atoms with Crippen molar-refractivity contribution in [1.29, 1.82) is 0 Å². The second-order valence-corrected chi connectivity index (χ2v) is 4.27. The zero-order valence-electron chi connectivity index (χ0n) is 9.05. The molecule has 86 valence electrons. The summed E-state index contributed by atoms with van der Waals surface area (Å²) in [5, 5.41) is 18.3.